The fourth-order valence-electron chi connectivity index (χ4n) is 1.71. The van der Waals surface area contributed by atoms with Gasteiger partial charge < -0.3 is 5.32 Å². The fourth-order valence-corrected chi connectivity index (χ4v) is 2.23. The highest BCUT2D eigenvalue weighted by Gasteiger charge is 2.15. The maximum Gasteiger partial charge on any atom is 0.259 e. The van der Waals surface area contributed by atoms with Crippen LogP contribution in [0.5, 0.6) is 0 Å². The summed E-state index contributed by atoms with van der Waals surface area (Å²) in [6.07, 6.45) is 0. The molecule has 2 aromatic rings. The van der Waals surface area contributed by atoms with Crippen molar-refractivity contribution in [2.45, 2.75) is 13.8 Å². The molecule has 0 radical (unpaired) electrons. The molecule has 2 N–H and O–H groups in total. The molecule has 4 nitrogen and oxygen atoms in total. The van der Waals surface area contributed by atoms with Gasteiger partial charge in [-0.15, -0.1) is 0 Å². The largest absolute Gasteiger partial charge is 0.322 e. The lowest BCUT2D eigenvalue weighted by atomic mass is 10.2. The molecule has 0 atom stereocenters. The van der Waals surface area contributed by atoms with Crippen molar-refractivity contribution in [3.63, 3.8) is 0 Å². The third-order valence-electron chi connectivity index (χ3n) is 2.48. The Kier molecular flexibility index (Phi) is 3.59. The lowest BCUT2D eigenvalue weighted by molar-refractivity contribution is 0.102. The Morgan fingerprint density at radius 1 is 1.22 bits per heavy atom. The molecule has 0 fully saturated rings. The molecule has 1 aromatic carbocycles. The Bertz CT molecular complexity index is 568. The zero-order chi connectivity index (χ0) is 13.3. The molecule has 94 valence electrons. The van der Waals surface area contributed by atoms with Gasteiger partial charge in [0.05, 0.1) is 11.3 Å². The number of anilines is 1. The second kappa shape index (κ2) is 5.00. The van der Waals surface area contributed by atoms with E-state index in [0.717, 1.165) is 5.69 Å². The number of carbonyl (C=O) groups excluding carboxylic acids is 1. The second-order valence-corrected chi connectivity index (χ2v) is 4.79. The van der Waals surface area contributed by atoms with Gasteiger partial charge in [0.25, 0.3) is 5.91 Å². The average Bonchev–Trinajstić information content (AvgIpc) is 2.56. The summed E-state index contributed by atoms with van der Waals surface area (Å²) in [7, 11) is 0. The summed E-state index contributed by atoms with van der Waals surface area (Å²) in [4.78, 5) is 12.1. The van der Waals surface area contributed by atoms with E-state index in [-0.39, 0.29) is 5.91 Å². The van der Waals surface area contributed by atoms with Crippen LogP contribution in [-0.4, -0.2) is 16.1 Å². The van der Waals surface area contributed by atoms with Crippen molar-refractivity contribution < 1.29 is 4.79 Å². The minimum atomic E-state index is -0.239. The van der Waals surface area contributed by atoms with Crippen LogP contribution in [0.15, 0.2) is 18.2 Å². The molecule has 0 spiro atoms. The average molecular weight is 284 g/mol. The van der Waals surface area contributed by atoms with Crippen molar-refractivity contribution >= 4 is 34.8 Å². The number of nitrogens with zero attached hydrogens (tertiary/aromatic N) is 1. The van der Waals surface area contributed by atoms with E-state index in [0.29, 0.717) is 27.0 Å². The molecule has 1 heterocycles. The molecule has 0 aliphatic carbocycles. The number of carbonyl (C=O) groups is 1. The highest BCUT2D eigenvalue weighted by atomic mass is 35.5. The minimum absolute atomic E-state index is 0.239. The number of benzene rings is 1. The number of nitrogens with one attached hydrogen (secondary N) is 2. The zero-order valence-corrected chi connectivity index (χ0v) is 11.4. The maximum atomic E-state index is 12.1. The molecule has 0 saturated carbocycles. The molecule has 1 aromatic heterocycles. The molecule has 1 amide bonds. The number of aromatic nitrogens is 2. The first-order valence-corrected chi connectivity index (χ1v) is 6.02. The molecule has 6 heteroatoms. The van der Waals surface area contributed by atoms with Crippen LogP contribution in [0, 0.1) is 13.8 Å². The van der Waals surface area contributed by atoms with Crippen molar-refractivity contribution in [3.05, 3.63) is 45.2 Å². The highest BCUT2D eigenvalue weighted by Crippen LogP contribution is 2.23. The third kappa shape index (κ3) is 2.66. The van der Waals surface area contributed by atoms with Crippen LogP contribution in [0.2, 0.25) is 10.0 Å². The molecular weight excluding hydrogens is 273 g/mol. The quantitative estimate of drug-likeness (QED) is 0.885. The molecule has 0 aliphatic heterocycles. The van der Waals surface area contributed by atoms with E-state index in [9.17, 15) is 4.79 Å². The number of halogens is 2. The van der Waals surface area contributed by atoms with Gasteiger partial charge in [-0.25, -0.2) is 0 Å². The van der Waals surface area contributed by atoms with Crippen molar-refractivity contribution in [2.75, 3.05) is 5.32 Å². The van der Waals surface area contributed by atoms with Gasteiger partial charge in [0.15, 0.2) is 0 Å². The van der Waals surface area contributed by atoms with E-state index in [1.165, 1.54) is 0 Å². The first-order valence-electron chi connectivity index (χ1n) is 5.26. The fraction of sp³-hybridized carbons (Fsp3) is 0.167. The lowest BCUT2D eigenvalue weighted by Gasteiger charge is -2.06. The summed E-state index contributed by atoms with van der Waals surface area (Å²) in [6, 6.07) is 4.87. The number of hydrogen-bond donors (Lipinski definition) is 2. The number of aromatic amines is 1. The molecule has 18 heavy (non-hydrogen) atoms. The number of amides is 1. The standard InChI is InChI=1S/C12H11Cl2N3O/c1-6-11(7(2)17-16-6)12(18)15-10-4-8(13)3-9(14)5-10/h3-5H,1-2H3,(H,15,18)(H,16,17). The Morgan fingerprint density at radius 2 is 1.83 bits per heavy atom. The number of rotatable bonds is 2. The SMILES string of the molecule is Cc1n[nH]c(C)c1C(=O)Nc1cc(Cl)cc(Cl)c1. The normalized spacial score (nSPS) is 10.4. The van der Waals surface area contributed by atoms with Crippen LogP contribution in [-0.2, 0) is 0 Å². The van der Waals surface area contributed by atoms with Gasteiger partial charge in [-0.3, -0.25) is 9.89 Å². The summed E-state index contributed by atoms with van der Waals surface area (Å²) in [6.45, 7) is 3.56. The van der Waals surface area contributed by atoms with Crippen molar-refractivity contribution in [2.24, 2.45) is 0 Å². The molecular formula is C12H11Cl2N3O. The summed E-state index contributed by atoms with van der Waals surface area (Å²) < 4.78 is 0. The Hall–Kier alpha value is -1.52. The van der Waals surface area contributed by atoms with E-state index < -0.39 is 0 Å². The van der Waals surface area contributed by atoms with Gasteiger partial charge in [-0.05, 0) is 32.0 Å². The smallest absolute Gasteiger partial charge is 0.259 e. The Morgan fingerprint density at radius 3 is 2.33 bits per heavy atom. The van der Waals surface area contributed by atoms with E-state index in [2.05, 4.69) is 15.5 Å². The number of H-pyrrole nitrogens is 1. The van der Waals surface area contributed by atoms with Gasteiger partial charge in [-0.1, -0.05) is 23.2 Å². The first kappa shape index (κ1) is 12.9. The van der Waals surface area contributed by atoms with Crippen LogP contribution in [0.1, 0.15) is 21.7 Å². The summed E-state index contributed by atoms with van der Waals surface area (Å²) in [5.41, 5.74) is 2.46. The second-order valence-electron chi connectivity index (χ2n) is 3.92. The van der Waals surface area contributed by atoms with E-state index >= 15 is 0 Å². The summed E-state index contributed by atoms with van der Waals surface area (Å²) in [5, 5.41) is 10.4. The lowest BCUT2D eigenvalue weighted by Crippen LogP contribution is -2.13. The first-order chi connectivity index (χ1) is 8.47. The van der Waals surface area contributed by atoms with Crippen LogP contribution < -0.4 is 5.32 Å². The van der Waals surface area contributed by atoms with Crippen molar-refractivity contribution in [1.82, 2.24) is 10.2 Å². The van der Waals surface area contributed by atoms with E-state index in [4.69, 9.17) is 23.2 Å². The molecule has 0 saturated heterocycles. The van der Waals surface area contributed by atoms with Gasteiger partial charge >= 0.3 is 0 Å². The predicted molar refractivity (Wildman–Crippen MR) is 72.5 cm³/mol. The molecule has 0 unspecified atom stereocenters. The van der Waals surface area contributed by atoms with E-state index in [1.807, 2.05) is 0 Å². The molecule has 0 aliphatic rings. The third-order valence-corrected chi connectivity index (χ3v) is 2.91. The summed E-state index contributed by atoms with van der Waals surface area (Å²) in [5.74, 6) is -0.239. The predicted octanol–water partition coefficient (Wildman–Crippen LogP) is 3.59. The van der Waals surface area contributed by atoms with Gasteiger partial charge in [-0.2, -0.15) is 5.10 Å². The number of aryl methyl sites for hydroxylation is 2. The number of hydrogen-bond acceptors (Lipinski definition) is 2. The minimum Gasteiger partial charge on any atom is -0.322 e. The van der Waals surface area contributed by atoms with Crippen LogP contribution in [0.25, 0.3) is 0 Å². The molecule has 0 bridgehead atoms. The van der Waals surface area contributed by atoms with Crippen LogP contribution >= 0.6 is 23.2 Å². The van der Waals surface area contributed by atoms with Crippen molar-refractivity contribution in [3.8, 4) is 0 Å². The van der Waals surface area contributed by atoms with Gasteiger partial charge in [0, 0.05) is 21.4 Å². The topological polar surface area (TPSA) is 57.8 Å². The summed E-state index contributed by atoms with van der Waals surface area (Å²) >= 11 is 11.7. The van der Waals surface area contributed by atoms with Gasteiger partial charge in [0.2, 0.25) is 0 Å². The van der Waals surface area contributed by atoms with Crippen LogP contribution in [0.3, 0.4) is 0 Å². The Balaban J connectivity index is 2.27. The monoisotopic (exact) mass is 283 g/mol. The Labute approximate surface area is 114 Å². The molecule has 2 rings (SSSR count). The van der Waals surface area contributed by atoms with Crippen LogP contribution in [0.4, 0.5) is 5.69 Å². The van der Waals surface area contributed by atoms with Gasteiger partial charge in [0.1, 0.15) is 0 Å². The highest BCUT2D eigenvalue weighted by molar-refractivity contribution is 6.35. The van der Waals surface area contributed by atoms with E-state index in [1.54, 1.807) is 32.0 Å². The zero-order valence-electron chi connectivity index (χ0n) is 9.84. The van der Waals surface area contributed by atoms with Crippen molar-refractivity contribution in [1.29, 1.82) is 0 Å². The maximum absolute atomic E-state index is 12.1.